The van der Waals surface area contributed by atoms with Gasteiger partial charge in [-0.1, -0.05) is 72.8 Å². The molecule has 3 atom stereocenters. The van der Waals surface area contributed by atoms with Gasteiger partial charge in [-0.05, 0) is 23.3 Å². The zero-order chi connectivity index (χ0) is 20.1. The third-order valence-electron chi connectivity index (χ3n) is 6.29. The van der Waals surface area contributed by atoms with Crippen LogP contribution >= 0.6 is 0 Å². The first-order valence-electron chi connectivity index (χ1n) is 10.4. The Kier molecular flexibility index (Phi) is 3.99. The molecule has 148 valence electrons. The third kappa shape index (κ3) is 2.68. The fourth-order valence-corrected chi connectivity index (χ4v) is 4.95. The molecule has 0 aliphatic carbocycles. The van der Waals surface area contributed by atoms with Crippen LogP contribution in [0.3, 0.4) is 0 Å². The number of hydrogen-bond acceptors (Lipinski definition) is 4. The lowest BCUT2D eigenvalue weighted by Gasteiger charge is -2.37. The van der Waals surface area contributed by atoms with Crippen molar-refractivity contribution in [3.63, 3.8) is 0 Å². The van der Waals surface area contributed by atoms with Crippen molar-refractivity contribution in [2.45, 2.75) is 31.2 Å². The van der Waals surface area contributed by atoms with Gasteiger partial charge in [0, 0.05) is 24.3 Å². The summed E-state index contributed by atoms with van der Waals surface area (Å²) in [5.41, 5.74) is 4.32. The second-order valence-electron chi connectivity index (χ2n) is 8.03. The van der Waals surface area contributed by atoms with E-state index < -0.39 is 0 Å². The van der Waals surface area contributed by atoms with Crippen molar-refractivity contribution in [3.8, 4) is 0 Å². The summed E-state index contributed by atoms with van der Waals surface area (Å²) in [6.07, 6.45) is 0.461. The second kappa shape index (κ2) is 6.85. The normalized spacial score (nSPS) is 22.3. The zero-order valence-corrected chi connectivity index (χ0v) is 16.4. The number of ether oxygens (including phenoxy) is 1. The average molecular weight is 395 g/mol. The van der Waals surface area contributed by atoms with E-state index in [0.29, 0.717) is 17.7 Å². The number of hydrogen-bond donors (Lipinski definition) is 0. The second-order valence-corrected chi connectivity index (χ2v) is 8.03. The molecule has 1 saturated heterocycles. The van der Waals surface area contributed by atoms with Crippen LogP contribution in [0.4, 0.5) is 5.69 Å². The van der Waals surface area contributed by atoms with E-state index in [1.165, 1.54) is 11.1 Å². The molecule has 2 aliphatic rings. The molecule has 3 heterocycles. The molecule has 2 bridgehead atoms. The number of fused-ring (bicyclic) bond motifs is 6. The largest absolute Gasteiger partial charge is 0.422 e. The van der Waals surface area contributed by atoms with Crippen LogP contribution in [0.2, 0.25) is 0 Å². The predicted molar refractivity (Wildman–Crippen MR) is 117 cm³/mol. The molecule has 0 saturated carbocycles. The Morgan fingerprint density at radius 1 is 0.867 bits per heavy atom. The van der Waals surface area contributed by atoms with Gasteiger partial charge < -0.3 is 14.1 Å². The molecule has 3 aromatic carbocycles. The van der Waals surface area contributed by atoms with Crippen LogP contribution in [0.1, 0.15) is 35.1 Å². The predicted octanol–water partition coefficient (Wildman–Crippen LogP) is 5.38. The first-order valence-corrected chi connectivity index (χ1v) is 10.4. The van der Waals surface area contributed by atoms with Crippen LogP contribution in [0.15, 0.2) is 94.1 Å². The number of anilines is 1. The van der Waals surface area contributed by atoms with Gasteiger partial charge in [-0.15, -0.1) is 0 Å². The molecule has 0 unspecified atom stereocenters. The maximum Gasteiger partial charge on any atom is 0.344 e. The standard InChI is InChI=1S/C26H21NO3/c28-26-23-24(19-13-7-8-14-21(19)29-26)27(16-17-9-3-1-4-10-17)22-15-20(25(23)30-22)18-11-5-2-6-12-18/h1-14,20,22,25H,15-16H2/t20-,22-,25+/m0/s1. The van der Waals surface area contributed by atoms with Gasteiger partial charge in [0.05, 0.1) is 11.3 Å². The smallest absolute Gasteiger partial charge is 0.344 e. The minimum atomic E-state index is -0.298. The van der Waals surface area contributed by atoms with Gasteiger partial charge in [0.15, 0.2) is 0 Å². The summed E-state index contributed by atoms with van der Waals surface area (Å²) in [5, 5.41) is 0.968. The molecule has 1 aromatic heterocycles. The van der Waals surface area contributed by atoms with Crippen molar-refractivity contribution >= 4 is 16.7 Å². The van der Waals surface area contributed by atoms with Crippen molar-refractivity contribution in [2.75, 3.05) is 4.90 Å². The van der Waals surface area contributed by atoms with Crippen LogP contribution in [0, 0.1) is 0 Å². The lowest BCUT2D eigenvalue weighted by Crippen LogP contribution is -2.39. The number of para-hydroxylation sites is 1. The van der Waals surface area contributed by atoms with Gasteiger partial charge in [0.1, 0.15) is 17.9 Å². The van der Waals surface area contributed by atoms with E-state index in [1.807, 2.05) is 60.7 Å². The highest BCUT2D eigenvalue weighted by molar-refractivity contribution is 5.92. The summed E-state index contributed by atoms with van der Waals surface area (Å²) in [6.45, 7) is 0.681. The van der Waals surface area contributed by atoms with Crippen LogP contribution in [-0.2, 0) is 11.3 Å². The van der Waals surface area contributed by atoms with E-state index in [4.69, 9.17) is 9.15 Å². The lowest BCUT2D eigenvalue weighted by molar-refractivity contribution is 0.0256. The Hall–Kier alpha value is -3.37. The zero-order valence-electron chi connectivity index (χ0n) is 16.4. The van der Waals surface area contributed by atoms with E-state index in [9.17, 15) is 4.79 Å². The van der Waals surface area contributed by atoms with Crippen molar-refractivity contribution in [3.05, 3.63) is 112 Å². The van der Waals surface area contributed by atoms with Crippen molar-refractivity contribution in [1.82, 2.24) is 0 Å². The van der Waals surface area contributed by atoms with Gasteiger partial charge in [-0.3, -0.25) is 0 Å². The Labute approximate surface area is 174 Å². The summed E-state index contributed by atoms with van der Waals surface area (Å²) in [5.74, 6) is 0.125. The van der Waals surface area contributed by atoms with Crippen LogP contribution in [0.25, 0.3) is 11.0 Å². The fourth-order valence-electron chi connectivity index (χ4n) is 4.95. The maximum absolute atomic E-state index is 13.2. The van der Waals surface area contributed by atoms with Gasteiger partial charge in [-0.25, -0.2) is 4.79 Å². The third-order valence-corrected chi connectivity index (χ3v) is 6.29. The van der Waals surface area contributed by atoms with E-state index >= 15 is 0 Å². The first-order chi connectivity index (χ1) is 14.8. The molecule has 30 heavy (non-hydrogen) atoms. The molecular formula is C26H21NO3. The molecule has 1 fully saturated rings. The van der Waals surface area contributed by atoms with Crippen molar-refractivity contribution < 1.29 is 9.15 Å². The minimum absolute atomic E-state index is 0.0851. The number of rotatable bonds is 3. The lowest BCUT2D eigenvalue weighted by atomic mass is 9.89. The molecule has 4 aromatic rings. The summed E-state index contributed by atoms with van der Waals surface area (Å²) in [6, 6.07) is 28.5. The molecule has 0 radical (unpaired) electrons. The summed E-state index contributed by atoms with van der Waals surface area (Å²) in [7, 11) is 0. The fraction of sp³-hybridized carbons (Fsp3) is 0.192. The van der Waals surface area contributed by atoms with Crippen molar-refractivity contribution in [2.24, 2.45) is 0 Å². The summed E-state index contributed by atoms with van der Waals surface area (Å²) < 4.78 is 12.2. The van der Waals surface area contributed by atoms with E-state index in [1.54, 1.807) is 0 Å². The number of benzene rings is 3. The molecule has 6 rings (SSSR count). The van der Waals surface area contributed by atoms with Crippen LogP contribution in [0.5, 0.6) is 0 Å². The first kappa shape index (κ1) is 17.5. The maximum atomic E-state index is 13.2. The summed E-state index contributed by atoms with van der Waals surface area (Å²) >= 11 is 0. The van der Waals surface area contributed by atoms with Gasteiger partial charge in [-0.2, -0.15) is 0 Å². The minimum Gasteiger partial charge on any atom is -0.422 e. The van der Waals surface area contributed by atoms with Gasteiger partial charge in [0.25, 0.3) is 0 Å². The Morgan fingerprint density at radius 3 is 2.37 bits per heavy atom. The quantitative estimate of drug-likeness (QED) is 0.437. The average Bonchev–Trinajstić information content (AvgIpc) is 3.17. The molecule has 0 N–H and O–H groups in total. The number of nitrogens with zero attached hydrogens (tertiary/aromatic N) is 1. The molecule has 4 nitrogen and oxygen atoms in total. The molecule has 0 spiro atoms. The highest BCUT2D eigenvalue weighted by Gasteiger charge is 2.48. The Balaban J connectivity index is 1.57. The van der Waals surface area contributed by atoms with Crippen LogP contribution in [-0.4, -0.2) is 6.23 Å². The topological polar surface area (TPSA) is 42.7 Å². The molecule has 4 heteroatoms. The van der Waals surface area contributed by atoms with E-state index in [-0.39, 0.29) is 23.9 Å². The highest BCUT2D eigenvalue weighted by atomic mass is 16.5. The highest BCUT2D eigenvalue weighted by Crippen LogP contribution is 2.53. The molecule has 0 amide bonds. The van der Waals surface area contributed by atoms with E-state index in [2.05, 4.69) is 29.2 Å². The van der Waals surface area contributed by atoms with E-state index in [0.717, 1.165) is 17.5 Å². The van der Waals surface area contributed by atoms with Gasteiger partial charge in [0.2, 0.25) is 0 Å². The SMILES string of the molecule is O=c1oc2ccccc2c2c1[C@@H]1O[C@@H](C[C@H]1c1ccccc1)N2Cc1ccccc1. The summed E-state index contributed by atoms with van der Waals surface area (Å²) in [4.78, 5) is 15.4. The van der Waals surface area contributed by atoms with Crippen molar-refractivity contribution in [1.29, 1.82) is 0 Å². The van der Waals surface area contributed by atoms with Crippen LogP contribution < -0.4 is 10.5 Å². The molecular weight excluding hydrogens is 374 g/mol. The van der Waals surface area contributed by atoms with Gasteiger partial charge >= 0.3 is 5.63 Å². The Bertz CT molecular complexity index is 1270. The molecule has 2 aliphatic heterocycles. The monoisotopic (exact) mass is 395 g/mol. The Morgan fingerprint density at radius 2 is 1.57 bits per heavy atom.